The molecule has 3 aromatic rings. The van der Waals surface area contributed by atoms with Crippen LogP contribution in [-0.2, 0) is 0 Å². The summed E-state index contributed by atoms with van der Waals surface area (Å²) in [6.45, 7) is 0. The van der Waals surface area contributed by atoms with Gasteiger partial charge in [0.05, 0.1) is 11.8 Å². The molecule has 20 heavy (non-hydrogen) atoms. The van der Waals surface area contributed by atoms with Gasteiger partial charge >= 0.3 is 0 Å². The number of rotatable bonds is 2. The Kier molecular flexibility index (Phi) is 3.15. The molecule has 0 unspecified atom stereocenters. The molecule has 0 amide bonds. The summed E-state index contributed by atoms with van der Waals surface area (Å²) in [5.74, 6) is 0.622. The van der Waals surface area contributed by atoms with Gasteiger partial charge < -0.3 is 9.40 Å². The molecule has 96 valence electrons. The number of pyridine rings is 2. The Labute approximate surface area is 120 Å². The van der Waals surface area contributed by atoms with Crippen LogP contribution in [-0.4, -0.2) is 9.97 Å². The summed E-state index contributed by atoms with van der Waals surface area (Å²) in [6, 6.07) is 11.3. The summed E-state index contributed by atoms with van der Waals surface area (Å²) in [6.07, 6.45) is 4.98. The van der Waals surface area contributed by atoms with E-state index in [0.717, 1.165) is 11.3 Å². The second-order valence-electron chi connectivity index (χ2n) is 4.13. The predicted octanol–water partition coefficient (Wildman–Crippen LogP) is 3.94. The van der Waals surface area contributed by atoms with Crippen molar-refractivity contribution < 1.29 is 4.42 Å². The van der Waals surface area contributed by atoms with Crippen molar-refractivity contribution in [2.75, 3.05) is 0 Å². The van der Waals surface area contributed by atoms with Crippen molar-refractivity contribution in [2.45, 2.75) is 0 Å². The number of hydrogen-bond donors (Lipinski definition) is 1. The normalized spacial score (nSPS) is 10.2. The minimum absolute atomic E-state index is 0.396. The predicted molar refractivity (Wildman–Crippen MR) is 77.3 cm³/mol. The lowest BCUT2D eigenvalue weighted by Crippen LogP contribution is -1.92. The molecule has 1 N–H and O–H groups in total. The van der Waals surface area contributed by atoms with Crippen molar-refractivity contribution in [3.05, 3.63) is 59.2 Å². The Morgan fingerprint density at radius 1 is 1.25 bits per heavy atom. The van der Waals surface area contributed by atoms with Crippen molar-refractivity contribution in [1.29, 1.82) is 5.26 Å². The first-order chi connectivity index (χ1) is 9.79. The fourth-order valence-corrected chi connectivity index (χ4v) is 2.25. The Balaban J connectivity index is 2.27. The van der Waals surface area contributed by atoms with Crippen molar-refractivity contribution in [3.63, 3.8) is 0 Å². The van der Waals surface area contributed by atoms with Gasteiger partial charge in [-0.15, -0.1) is 0 Å². The lowest BCUT2D eigenvalue weighted by atomic mass is 10.0. The van der Waals surface area contributed by atoms with E-state index < -0.39 is 0 Å². The van der Waals surface area contributed by atoms with Crippen molar-refractivity contribution in [3.8, 4) is 28.7 Å². The fraction of sp³-hybridized carbons (Fsp3) is 0. The maximum Gasteiger partial charge on any atom is 0.135 e. The smallest absolute Gasteiger partial charge is 0.135 e. The standard InChI is InChI=1S/C15H9N3OS/c16-9-12-11(14-2-1-7-19-14)8-13(18-15(12)20)10-3-5-17-6-4-10/h1-8H,(H,18,20). The lowest BCUT2D eigenvalue weighted by Gasteiger charge is -2.06. The Morgan fingerprint density at radius 3 is 2.70 bits per heavy atom. The first-order valence-electron chi connectivity index (χ1n) is 5.91. The quantitative estimate of drug-likeness (QED) is 0.722. The summed E-state index contributed by atoms with van der Waals surface area (Å²) >= 11 is 5.26. The maximum atomic E-state index is 9.27. The van der Waals surface area contributed by atoms with Crippen LogP contribution in [0.3, 0.4) is 0 Å². The zero-order chi connectivity index (χ0) is 13.9. The van der Waals surface area contributed by atoms with Crippen LogP contribution in [0, 0.1) is 16.0 Å². The van der Waals surface area contributed by atoms with E-state index in [1.807, 2.05) is 18.2 Å². The van der Waals surface area contributed by atoms with Crippen LogP contribution in [0.4, 0.5) is 0 Å². The number of nitrogens with one attached hydrogen (secondary N) is 1. The van der Waals surface area contributed by atoms with E-state index in [4.69, 9.17) is 16.6 Å². The second-order valence-corrected chi connectivity index (χ2v) is 4.53. The molecule has 0 atom stereocenters. The van der Waals surface area contributed by atoms with Crippen LogP contribution in [0.15, 0.2) is 53.4 Å². The molecule has 0 saturated heterocycles. The minimum atomic E-state index is 0.396. The molecule has 0 aliphatic heterocycles. The van der Waals surface area contributed by atoms with Crippen LogP contribution in [0.2, 0.25) is 0 Å². The molecule has 0 spiro atoms. The van der Waals surface area contributed by atoms with Gasteiger partial charge in [0.2, 0.25) is 0 Å². The molecule has 3 rings (SSSR count). The summed E-state index contributed by atoms with van der Waals surface area (Å²) in [7, 11) is 0. The maximum absolute atomic E-state index is 9.27. The van der Waals surface area contributed by atoms with E-state index in [2.05, 4.69) is 16.0 Å². The van der Waals surface area contributed by atoms with Gasteiger partial charge in [-0.25, -0.2) is 0 Å². The Hall–Kier alpha value is -2.71. The zero-order valence-corrected chi connectivity index (χ0v) is 11.1. The summed E-state index contributed by atoms with van der Waals surface area (Å²) < 4.78 is 5.78. The van der Waals surface area contributed by atoms with Crippen LogP contribution >= 0.6 is 12.2 Å². The molecular weight excluding hydrogens is 270 g/mol. The molecule has 0 saturated carbocycles. The molecular formula is C15H9N3OS. The number of aromatic nitrogens is 2. The van der Waals surface area contributed by atoms with Gasteiger partial charge in [-0.3, -0.25) is 4.98 Å². The van der Waals surface area contributed by atoms with Crippen LogP contribution in [0.25, 0.3) is 22.6 Å². The number of furan rings is 1. The van der Waals surface area contributed by atoms with Gasteiger partial charge in [-0.2, -0.15) is 5.26 Å². The van der Waals surface area contributed by atoms with E-state index in [0.29, 0.717) is 21.5 Å². The summed E-state index contributed by atoms with van der Waals surface area (Å²) in [5, 5.41) is 9.27. The number of aromatic amines is 1. The van der Waals surface area contributed by atoms with Crippen LogP contribution < -0.4 is 0 Å². The number of nitrogens with zero attached hydrogens (tertiary/aromatic N) is 2. The molecule has 0 aliphatic carbocycles. The summed E-state index contributed by atoms with van der Waals surface area (Å²) in [4.78, 5) is 7.06. The number of H-pyrrole nitrogens is 1. The van der Waals surface area contributed by atoms with Gasteiger partial charge in [0.15, 0.2) is 0 Å². The highest BCUT2D eigenvalue weighted by molar-refractivity contribution is 7.71. The third kappa shape index (κ3) is 2.13. The molecule has 0 aliphatic rings. The summed E-state index contributed by atoms with van der Waals surface area (Å²) in [5.41, 5.74) is 2.87. The average Bonchev–Trinajstić information content (AvgIpc) is 3.01. The highest BCUT2D eigenvalue weighted by Gasteiger charge is 2.12. The van der Waals surface area contributed by atoms with Crippen molar-refractivity contribution >= 4 is 12.2 Å². The molecule has 0 radical (unpaired) electrons. The topological polar surface area (TPSA) is 65.6 Å². The van der Waals surface area contributed by atoms with E-state index in [-0.39, 0.29) is 0 Å². The molecule has 0 fully saturated rings. The van der Waals surface area contributed by atoms with Gasteiger partial charge in [-0.05, 0) is 30.3 Å². The monoisotopic (exact) mass is 279 g/mol. The van der Waals surface area contributed by atoms with E-state index >= 15 is 0 Å². The Bertz CT molecular complexity index is 830. The van der Waals surface area contributed by atoms with Gasteiger partial charge in [-0.1, -0.05) is 12.2 Å². The third-order valence-corrected chi connectivity index (χ3v) is 3.23. The second kappa shape index (κ2) is 5.11. The molecule has 0 aromatic carbocycles. The van der Waals surface area contributed by atoms with E-state index in [9.17, 15) is 5.26 Å². The average molecular weight is 279 g/mol. The highest BCUT2D eigenvalue weighted by atomic mass is 32.1. The highest BCUT2D eigenvalue weighted by Crippen LogP contribution is 2.28. The molecule has 0 bridgehead atoms. The molecule has 3 heterocycles. The van der Waals surface area contributed by atoms with Gasteiger partial charge in [0.25, 0.3) is 0 Å². The van der Waals surface area contributed by atoms with Crippen LogP contribution in [0.1, 0.15) is 5.56 Å². The molecule has 5 heteroatoms. The van der Waals surface area contributed by atoms with E-state index in [1.54, 1.807) is 30.8 Å². The first-order valence-corrected chi connectivity index (χ1v) is 6.32. The third-order valence-electron chi connectivity index (χ3n) is 2.92. The largest absolute Gasteiger partial charge is 0.464 e. The van der Waals surface area contributed by atoms with Crippen molar-refractivity contribution in [1.82, 2.24) is 9.97 Å². The van der Waals surface area contributed by atoms with Gasteiger partial charge in [0.1, 0.15) is 16.5 Å². The van der Waals surface area contributed by atoms with Crippen LogP contribution in [0.5, 0.6) is 0 Å². The number of hydrogen-bond acceptors (Lipinski definition) is 4. The lowest BCUT2D eigenvalue weighted by molar-refractivity contribution is 0.582. The molecule has 3 aromatic heterocycles. The fourth-order valence-electron chi connectivity index (χ4n) is 1.98. The first kappa shape index (κ1) is 12.3. The van der Waals surface area contributed by atoms with E-state index in [1.165, 1.54) is 0 Å². The van der Waals surface area contributed by atoms with Gasteiger partial charge in [0, 0.05) is 29.2 Å². The van der Waals surface area contributed by atoms with Crippen molar-refractivity contribution in [2.24, 2.45) is 0 Å². The number of nitriles is 1. The molecule has 4 nitrogen and oxygen atoms in total. The zero-order valence-electron chi connectivity index (χ0n) is 10.3. The SMILES string of the molecule is N#Cc1c(-c2ccco2)cc(-c2ccncc2)[nH]c1=S. The Morgan fingerprint density at radius 2 is 2.05 bits per heavy atom. The minimum Gasteiger partial charge on any atom is -0.464 e.